The third kappa shape index (κ3) is 2.77. The van der Waals surface area contributed by atoms with Crippen LogP contribution in [-0.2, 0) is 14.8 Å². The minimum Gasteiger partial charge on any atom is -0.296 e. The van der Waals surface area contributed by atoms with E-state index >= 15 is 0 Å². The van der Waals surface area contributed by atoms with E-state index in [9.17, 15) is 13.2 Å². The summed E-state index contributed by atoms with van der Waals surface area (Å²) in [6, 6.07) is 7.96. The Labute approximate surface area is 135 Å². The number of thioether (sulfide) groups is 1. The smallest absolute Gasteiger partial charge is 0.238 e. The lowest BCUT2D eigenvalue weighted by Gasteiger charge is -2.43. The first kappa shape index (κ1) is 15.8. The number of carbonyl (C=O) groups is 1. The molecule has 0 radical (unpaired) electrons. The number of anilines is 1. The summed E-state index contributed by atoms with van der Waals surface area (Å²) >= 11 is 1.65. The van der Waals surface area contributed by atoms with Crippen LogP contribution in [0.5, 0.6) is 0 Å². The van der Waals surface area contributed by atoms with Crippen LogP contribution < -0.4 is 4.90 Å². The van der Waals surface area contributed by atoms with E-state index in [1.807, 2.05) is 36.1 Å². The monoisotopic (exact) mass is 340 g/mol. The minimum absolute atomic E-state index is 0.113. The molecule has 2 aliphatic heterocycles. The first-order chi connectivity index (χ1) is 10.3. The number of piperidine rings is 1. The number of hydrogen-bond donors (Lipinski definition) is 0. The van der Waals surface area contributed by atoms with Crippen LogP contribution in [0.25, 0.3) is 0 Å². The van der Waals surface area contributed by atoms with Crippen LogP contribution >= 0.6 is 11.8 Å². The van der Waals surface area contributed by atoms with Gasteiger partial charge in [0.05, 0.1) is 16.9 Å². The van der Waals surface area contributed by atoms with E-state index < -0.39 is 10.0 Å². The predicted octanol–water partition coefficient (Wildman–Crippen LogP) is 1.83. The Hall–Kier alpha value is -1.05. The zero-order valence-corrected chi connectivity index (χ0v) is 14.4. The van der Waals surface area contributed by atoms with Crippen molar-refractivity contribution in [2.75, 3.05) is 30.0 Å². The van der Waals surface area contributed by atoms with Crippen LogP contribution in [0.3, 0.4) is 0 Å². The molecule has 2 saturated heterocycles. The Balaban J connectivity index is 1.87. The maximum Gasteiger partial charge on any atom is 0.238 e. The van der Waals surface area contributed by atoms with E-state index in [1.54, 1.807) is 11.8 Å². The van der Waals surface area contributed by atoms with E-state index in [4.69, 9.17) is 0 Å². The van der Waals surface area contributed by atoms with Gasteiger partial charge in [0, 0.05) is 18.8 Å². The van der Waals surface area contributed by atoms with Crippen molar-refractivity contribution in [2.45, 2.75) is 24.6 Å². The SMILES string of the molecule is Cc1ccc(N2C(=O)CSC23CCN(S(C)(=O)=O)CC3)cc1. The average molecular weight is 340 g/mol. The number of nitrogens with zero attached hydrogens (tertiary/aromatic N) is 2. The van der Waals surface area contributed by atoms with Gasteiger partial charge in [-0.2, -0.15) is 0 Å². The zero-order valence-electron chi connectivity index (χ0n) is 12.8. The Kier molecular flexibility index (Phi) is 3.99. The molecule has 0 saturated carbocycles. The molecule has 2 fully saturated rings. The van der Waals surface area contributed by atoms with Crippen molar-refractivity contribution in [1.29, 1.82) is 0 Å². The molecule has 0 unspecified atom stereocenters. The van der Waals surface area contributed by atoms with Crippen molar-refractivity contribution in [3.8, 4) is 0 Å². The number of hydrogen-bond acceptors (Lipinski definition) is 4. The topological polar surface area (TPSA) is 57.7 Å². The Bertz CT molecular complexity index is 677. The highest BCUT2D eigenvalue weighted by atomic mass is 32.2. The standard InChI is InChI=1S/C15H20N2O3S2/c1-12-3-5-13(6-4-12)17-14(18)11-21-15(17)7-9-16(10-8-15)22(2,19)20/h3-6H,7-11H2,1-2H3. The van der Waals surface area contributed by atoms with Gasteiger partial charge in [-0.1, -0.05) is 17.7 Å². The van der Waals surface area contributed by atoms with Gasteiger partial charge in [0.2, 0.25) is 15.9 Å². The maximum absolute atomic E-state index is 12.4. The number of rotatable bonds is 2. The third-order valence-corrected chi connectivity index (χ3v) is 7.21. The van der Waals surface area contributed by atoms with E-state index in [1.165, 1.54) is 10.6 Å². The molecule has 120 valence electrons. The van der Waals surface area contributed by atoms with Crippen LogP contribution in [0.2, 0.25) is 0 Å². The molecule has 0 aromatic heterocycles. The molecular weight excluding hydrogens is 320 g/mol. The molecule has 1 amide bonds. The number of carbonyl (C=O) groups excluding carboxylic acids is 1. The number of aryl methyl sites for hydroxylation is 1. The van der Waals surface area contributed by atoms with Crippen LogP contribution in [0.4, 0.5) is 5.69 Å². The highest BCUT2D eigenvalue weighted by Crippen LogP contribution is 2.46. The summed E-state index contributed by atoms with van der Waals surface area (Å²) in [4.78, 5) is 14.0. The van der Waals surface area contributed by atoms with Gasteiger partial charge in [0.1, 0.15) is 0 Å². The molecule has 5 nitrogen and oxygen atoms in total. The molecule has 1 spiro atoms. The molecule has 2 aliphatic rings. The number of amides is 1. The predicted molar refractivity (Wildman–Crippen MR) is 89.5 cm³/mol. The van der Waals surface area contributed by atoms with Crippen LogP contribution in [-0.4, -0.2) is 48.6 Å². The third-order valence-electron chi connectivity index (χ3n) is 4.39. The van der Waals surface area contributed by atoms with Crippen molar-refractivity contribution >= 4 is 33.4 Å². The lowest BCUT2D eigenvalue weighted by atomic mass is 10.0. The summed E-state index contributed by atoms with van der Waals surface area (Å²) in [5.41, 5.74) is 2.07. The van der Waals surface area contributed by atoms with E-state index in [0.29, 0.717) is 31.7 Å². The van der Waals surface area contributed by atoms with E-state index in [-0.39, 0.29) is 10.8 Å². The fourth-order valence-corrected chi connectivity index (χ4v) is 5.34. The molecule has 22 heavy (non-hydrogen) atoms. The molecule has 0 N–H and O–H groups in total. The van der Waals surface area contributed by atoms with Crippen molar-refractivity contribution in [2.24, 2.45) is 0 Å². The largest absolute Gasteiger partial charge is 0.296 e. The van der Waals surface area contributed by atoms with Crippen LogP contribution in [0.1, 0.15) is 18.4 Å². The molecule has 0 atom stereocenters. The van der Waals surface area contributed by atoms with Gasteiger partial charge in [-0.15, -0.1) is 11.8 Å². The highest BCUT2D eigenvalue weighted by Gasteiger charge is 2.49. The molecule has 7 heteroatoms. The van der Waals surface area contributed by atoms with Gasteiger partial charge in [0.15, 0.2) is 0 Å². The van der Waals surface area contributed by atoms with E-state index in [2.05, 4.69) is 0 Å². The normalized spacial score (nSPS) is 22.5. The molecular formula is C15H20N2O3S2. The first-order valence-electron chi connectivity index (χ1n) is 7.31. The Morgan fingerprint density at radius 2 is 1.73 bits per heavy atom. The second-order valence-electron chi connectivity index (χ2n) is 5.96. The summed E-state index contributed by atoms with van der Waals surface area (Å²) in [6.45, 7) is 2.97. The number of benzene rings is 1. The fourth-order valence-electron chi connectivity index (χ4n) is 3.16. The van der Waals surface area contributed by atoms with Gasteiger partial charge in [-0.3, -0.25) is 9.69 Å². The summed E-state index contributed by atoms with van der Waals surface area (Å²) in [5, 5.41) is 0. The van der Waals surface area contributed by atoms with Gasteiger partial charge in [0.25, 0.3) is 0 Å². The quantitative estimate of drug-likeness (QED) is 0.824. The zero-order chi connectivity index (χ0) is 16.0. The van der Waals surface area contributed by atoms with Gasteiger partial charge in [-0.05, 0) is 31.9 Å². The molecule has 0 bridgehead atoms. The lowest BCUT2D eigenvalue weighted by Crippen LogP contribution is -2.53. The maximum atomic E-state index is 12.4. The summed E-state index contributed by atoms with van der Waals surface area (Å²) in [5.74, 6) is 0.578. The van der Waals surface area contributed by atoms with Gasteiger partial charge >= 0.3 is 0 Å². The lowest BCUT2D eigenvalue weighted by molar-refractivity contribution is -0.116. The second kappa shape index (κ2) is 5.54. The van der Waals surface area contributed by atoms with Crippen molar-refractivity contribution in [3.63, 3.8) is 0 Å². The van der Waals surface area contributed by atoms with Crippen molar-refractivity contribution < 1.29 is 13.2 Å². The Morgan fingerprint density at radius 3 is 2.27 bits per heavy atom. The van der Waals surface area contributed by atoms with E-state index in [0.717, 1.165) is 11.3 Å². The van der Waals surface area contributed by atoms with Crippen molar-refractivity contribution in [3.05, 3.63) is 29.8 Å². The molecule has 3 rings (SSSR count). The second-order valence-corrected chi connectivity index (χ2v) is 9.28. The average Bonchev–Trinajstić information content (AvgIpc) is 2.77. The summed E-state index contributed by atoms with van der Waals surface area (Å²) in [6.07, 6.45) is 2.59. The summed E-state index contributed by atoms with van der Waals surface area (Å²) in [7, 11) is -3.15. The van der Waals surface area contributed by atoms with Gasteiger partial charge < -0.3 is 0 Å². The van der Waals surface area contributed by atoms with Crippen molar-refractivity contribution in [1.82, 2.24) is 4.31 Å². The van der Waals surface area contributed by atoms with Crippen LogP contribution in [0.15, 0.2) is 24.3 Å². The fraction of sp³-hybridized carbons (Fsp3) is 0.533. The molecule has 0 aliphatic carbocycles. The number of sulfonamides is 1. The highest BCUT2D eigenvalue weighted by molar-refractivity contribution is 8.02. The van der Waals surface area contributed by atoms with Crippen LogP contribution in [0, 0.1) is 6.92 Å². The molecule has 2 heterocycles. The molecule has 1 aromatic carbocycles. The molecule has 1 aromatic rings. The Morgan fingerprint density at radius 1 is 1.14 bits per heavy atom. The minimum atomic E-state index is -3.15. The van der Waals surface area contributed by atoms with Gasteiger partial charge in [-0.25, -0.2) is 12.7 Å². The summed E-state index contributed by atoms with van der Waals surface area (Å²) < 4.78 is 24.9. The first-order valence-corrected chi connectivity index (χ1v) is 10.1.